The van der Waals surface area contributed by atoms with Crippen molar-refractivity contribution >= 4 is 52.2 Å². The number of amides is 2. The molecular formula is C36H48N3O7PS2. The van der Waals surface area contributed by atoms with E-state index >= 15 is 0 Å². The van der Waals surface area contributed by atoms with Crippen LogP contribution in [-0.2, 0) is 28.5 Å². The first-order valence-electron chi connectivity index (χ1n) is 16.6. The Kier molecular flexibility index (Phi) is 13.4. The van der Waals surface area contributed by atoms with Crippen molar-refractivity contribution in [2.24, 2.45) is 5.41 Å². The van der Waals surface area contributed by atoms with Gasteiger partial charge in [0.2, 0.25) is 13.3 Å². The number of para-hydroxylation sites is 1. The Morgan fingerprint density at radius 3 is 2.33 bits per heavy atom. The molecule has 1 heterocycles. The van der Waals surface area contributed by atoms with Gasteiger partial charge in [-0.3, -0.25) is 14.2 Å². The quantitative estimate of drug-likeness (QED) is 0.116. The van der Waals surface area contributed by atoms with E-state index in [0.29, 0.717) is 29.1 Å². The number of nitrogens with one attached hydrogen (secondary N) is 2. The number of ether oxygens (including phenoxy) is 1. The number of carbonyl (C=O) groups excluding carboxylic acids is 2. The van der Waals surface area contributed by atoms with Crippen molar-refractivity contribution in [3.8, 4) is 5.75 Å². The predicted molar refractivity (Wildman–Crippen MR) is 197 cm³/mol. The minimum absolute atomic E-state index is 0.00717. The molecule has 3 aromatic carbocycles. The van der Waals surface area contributed by atoms with Crippen molar-refractivity contribution in [2.45, 2.75) is 62.3 Å². The first-order valence-corrected chi connectivity index (χ1v) is 21.7. The average Bonchev–Trinajstić information content (AvgIpc) is 3.19. The van der Waals surface area contributed by atoms with Crippen molar-refractivity contribution in [1.82, 2.24) is 10.6 Å². The number of nitrogens with zero attached hydrogens (tertiary/aromatic N) is 1. The van der Waals surface area contributed by atoms with E-state index in [4.69, 9.17) is 9.26 Å². The summed E-state index contributed by atoms with van der Waals surface area (Å²) in [4.78, 5) is 29.5. The molecule has 2 amide bonds. The molecule has 266 valence electrons. The molecule has 49 heavy (non-hydrogen) atoms. The summed E-state index contributed by atoms with van der Waals surface area (Å²) in [5.74, 6) is -0.868. The number of carbonyl (C=O) groups is 2. The van der Waals surface area contributed by atoms with E-state index < -0.39 is 47.1 Å². The number of rotatable bonds is 16. The van der Waals surface area contributed by atoms with Crippen molar-refractivity contribution in [2.75, 3.05) is 49.6 Å². The zero-order valence-electron chi connectivity index (χ0n) is 28.9. The van der Waals surface area contributed by atoms with Crippen LogP contribution >= 0.6 is 19.1 Å². The SMILES string of the molecule is CCCCC1(CC)CN(c2ccccc2)c2cc(SC)c(OCC(=O)N[C@@H](C(=O)NCP(C)(=O)OCC)c3ccccc3)cc2S(=O)(=O)C1. The number of anilines is 2. The van der Waals surface area contributed by atoms with E-state index in [1.165, 1.54) is 18.4 Å². The van der Waals surface area contributed by atoms with Gasteiger partial charge in [0.05, 0.1) is 34.1 Å². The predicted octanol–water partition coefficient (Wildman–Crippen LogP) is 7.17. The Morgan fingerprint density at radius 2 is 1.71 bits per heavy atom. The molecule has 13 heteroatoms. The van der Waals surface area contributed by atoms with Gasteiger partial charge in [0.25, 0.3) is 5.91 Å². The van der Waals surface area contributed by atoms with Crippen molar-refractivity contribution in [1.29, 1.82) is 0 Å². The third-order valence-electron chi connectivity index (χ3n) is 8.74. The number of thioether (sulfide) groups is 1. The Morgan fingerprint density at radius 1 is 1.04 bits per heavy atom. The maximum Gasteiger partial charge on any atom is 0.258 e. The van der Waals surface area contributed by atoms with Gasteiger partial charge in [-0.15, -0.1) is 11.8 Å². The van der Waals surface area contributed by atoms with Crippen molar-refractivity contribution in [3.05, 3.63) is 78.4 Å². The molecule has 3 atom stereocenters. The van der Waals surface area contributed by atoms with E-state index in [2.05, 4.69) is 29.4 Å². The van der Waals surface area contributed by atoms with Crippen LogP contribution < -0.4 is 20.3 Å². The highest BCUT2D eigenvalue weighted by Gasteiger charge is 2.42. The second kappa shape index (κ2) is 17.1. The van der Waals surface area contributed by atoms with Gasteiger partial charge in [-0.1, -0.05) is 75.2 Å². The highest BCUT2D eigenvalue weighted by Crippen LogP contribution is 2.47. The summed E-state index contributed by atoms with van der Waals surface area (Å²) in [5.41, 5.74) is 1.56. The van der Waals surface area contributed by atoms with E-state index in [9.17, 15) is 22.6 Å². The van der Waals surface area contributed by atoms with Gasteiger partial charge < -0.3 is 24.8 Å². The Bertz CT molecular complexity index is 1740. The van der Waals surface area contributed by atoms with Crippen LogP contribution in [0.4, 0.5) is 11.4 Å². The summed E-state index contributed by atoms with van der Waals surface area (Å²) in [5, 5.41) is 5.36. The zero-order valence-corrected chi connectivity index (χ0v) is 31.5. The Labute approximate surface area is 295 Å². The zero-order chi connectivity index (χ0) is 35.7. The van der Waals surface area contributed by atoms with Crippen LogP contribution in [0.25, 0.3) is 0 Å². The topological polar surface area (TPSA) is 131 Å². The highest BCUT2D eigenvalue weighted by molar-refractivity contribution is 7.98. The molecule has 0 saturated heterocycles. The van der Waals surface area contributed by atoms with Gasteiger partial charge in [0.15, 0.2) is 16.4 Å². The third-order valence-corrected chi connectivity index (χ3v) is 13.0. The molecular weight excluding hydrogens is 682 g/mol. The number of unbranched alkanes of at least 4 members (excludes halogenated alkanes) is 1. The van der Waals surface area contributed by atoms with E-state index in [-0.39, 0.29) is 29.3 Å². The molecule has 0 fully saturated rings. The largest absolute Gasteiger partial charge is 0.483 e. The summed E-state index contributed by atoms with van der Waals surface area (Å²) < 4.78 is 52.3. The lowest BCUT2D eigenvalue weighted by molar-refractivity contribution is -0.130. The van der Waals surface area contributed by atoms with Gasteiger partial charge in [0, 0.05) is 30.4 Å². The van der Waals surface area contributed by atoms with Gasteiger partial charge in [0.1, 0.15) is 11.8 Å². The fourth-order valence-corrected chi connectivity index (χ4v) is 9.88. The molecule has 0 spiro atoms. The number of hydrogen-bond donors (Lipinski definition) is 2. The minimum Gasteiger partial charge on any atom is -0.483 e. The lowest BCUT2D eigenvalue weighted by Crippen LogP contribution is -2.42. The van der Waals surface area contributed by atoms with E-state index in [1.807, 2.05) is 42.7 Å². The third kappa shape index (κ3) is 9.90. The first-order chi connectivity index (χ1) is 23.4. The molecule has 2 unspecified atom stereocenters. The van der Waals surface area contributed by atoms with Gasteiger partial charge >= 0.3 is 0 Å². The van der Waals surface area contributed by atoms with Crippen LogP contribution in [0.1, 0.15) is 58.1 Å². The smallest absolute Gasteiger partial charge is 0.258 e. The summed E-state index contributed by atoms with van der Waals surface area (Å²) in [6.07, 6.45) is 5.07. The number of hydrogen-bond acceptors (Lipinski definition) is 9. The fourth-order valence-electron chi connectivity index (χ4n) is 6.08. The van der Waals surface area contributed by atoms with E-state index in [1.54, 1.807) is 43.3 Å². The average molecular weight is 730 g/mol. The van der Waals surface area contributed by atoms with Crippen molar-refractivity contribution < 1.29 is 31.8 Å². The molecule has 3 aromatic rings. The van der Waals surface area contributed by atoms with E-state index in [0.717, 1.165) is 24.9 Å². The van der Waals surface area contributed by atoms with Gasteiger partial charge in [-0.25, -0.2) is 8.42 Å². The molecule has 2 N–H and O–H groups in total. The summed E-state index contributed by atoms with van der Waals surface area (Å²) in [6.45, 7) is 7.67. The van der Waals surface area contributed by atoms with Gasteiger partial charge in [-0.05, 0) is 49.8 Å². The number of fused-ring (bicyclic) bond motifs is 1. The standard InChI is InChI=1S/C36H48N3O7PS2/c1-6-9-20-36(7-2)24-39(28-18-14-11-15-19-28)29-21-31(48-5)30(22-32(29)49(43,44)25-36)45-23-33(40)38-34(27-16-12-10-13-17-27)35(41)37-26-47(4,42)46-8-3/h10-19,21-22,34H,6-9,20,23-26H2,1-5H3,(H,37,41)(H,38,40)/t34-,36?,47?/m1/s1. The van der Waals surface area contributed by atoms with Crippen LogP contribution in [-0.4, -0.2) is 64.9 Å². The van der Waals surface area contributed by atoms with Crippen LogP contribution in [0.3, 0.4) is 0 Å². The second-order valence-electron chi connectivity index (χ2n) is 12.4. The molecule has 0 bridgehead atoms. The first kappa shape index (κ1) is 38.5. The summed E-state index contributed by atoms with van der Waals surface area (Å²) in [6, 6.07) is 20.8. The highest BCUT2D eigenvalue weighted by atomic mass is 32.2. The summed E-state index contributed by atoms with van der Waals surface area (Å²) >= 11 is 1.39. The Hall–Kier alpha value is -3.31. The van der Waals surface area contributed by atoms with Crippen LogP contribution in [0, 0.1) is 5.41 Å². The van der Waals surface area contributed by atoms with Gasteiger partial charge in [-0.2, -0.15) is 0 Å². The van der Waals surface area contributed by atoms with Crippen LogP contribution in [0.5, 0.6) is 5.75 Å². The molecule has 0 radical (unpaired) electrons. The molecule has 0 saturated carbocycles. The Balaban J connectivity index is 1.63. The van der Waals surface area contributed by atoms with Crippen molar-refractivity contribution in [3.63, 3.8) is 0 Å². The maximum atomic E-state index is 14.2. The van der Waals surface area contributed by atoms with Crippen LogP contribution in [0.15, 0.2) is 82.6 Å². The molecule has 0 aliphatic carbocycles. The number of benzene rings is 3. The molecule has 4 rings (SSSR count). The molecule has 10 nitrogen and oxygen atoms in total. The maximum absolute atomic E-state index is 14.2. The normalized spacial score (nSPS) is 18.8. The fraction of sp³-hybridized carbons (Fsp3) is 0.444. The number of sulfone groups is 1. The summed E-state index contributed by atoms with van der Waals surface area (Å²) in [7, 11) is -6.82. The molecule has 0 aromatic heterocycles. The van der Waals surface area contributed by atoms with Crippen LogP contribution in [0.2, 0.25) is 0 Å². The minimum atomic E-state index is -3.76. The second-order valence-corrected chi connectivity index (χ2v) is 17.8. The lowest BCUT2D eigenvalue weighted by Gasteiger charge is -2.36. The molecule has 1 aliphatic rings. The monoisotopic (exact) mass is 729 g/mol. The molecule has 1 aliphatic heterocycles. The lowest BCUT2D eigenvalue weighted by atomic mass is 9.81.